The van der Waals surface area contributed by atoms with E-state index in [1.807, 2.05) is 6.07 Å². The first-order chi connectivity index (χ1) is 11.6. The molecule has 2 heterocycles. The Morgan fingerprint density at radius 2 is 2.00 bits per heavy atom. The number of likely N-dealkylation sites (N-methyl/N-ethyl adjacent to an activating group) is 1. The van der Waals surface area contributed by atoms with Gasteiger partial charge in [-0.3, -0.25) is 4.79 Å². The predicted octanol–water partition coefficient (Wildman–Crippen LogP) is 2.85. The third-order valence-electron chi connectivity index (χ3n) is 5.48. The maximum Gasteiger partial charge on any atom is 0.223 e. The van der Waals surface area contributed by atoms with E-state index in [2.05, 4.69) is 16.8 Å². The maximum atomic E-state index is 13.8. The summed E-state index contributed by atoms with van der Waals surface area (Å²) in [6, 6.07) is 5.80. The molecule has 5 heteroatoms. The number of carbonyl (C=O) groups is 1. The first-order valence-electron chi connectivity index (χ1n) is 8.92. The molecule has 1 amide bonds. The van der Waals surface area contributed by atoms with Crippen molar-refractivity contribution in [1.29, 1.82) is 0 Å². The van der Waals surface area contributed by atoms with Gasteiger partial charge in [0.25, 0.3) is 0 Å². The number of hydrogen-bond acceptors (Lipinski definition) is 3. The van der Waals surface area contributed by atoms with E-state index in [1.165, 1.54) is 26.0 Å². The zero-order valence-corrected chi connectivity index (χ0v) is 14.6. The summed E-state index contributed by atoms with van der Waals surface area (Å²) in [5, 5.41) is 0. The van der Waals surface area contributed by atoms with E-state index in [4.69, 9.17) is 4.74 Å². The summed E-state index contributed by atoms with van der Waals surface area (Å²) in [7, 11) is 3.62. The Balaban J connectivity index is 1.59. The second-order valence-electron chi connectivity index (χ2n) is 6.96. The molecule has 1 aromatic rings. The summed E-state index contributed by atoms with van der Waals surface area (Å²) in [6.07, 6.45) is 5.64. The van der Waals surface area contributed by atoms with Gasteiger partial charge in [0.05, 0.1) is 7.11 Å². The number of carbonyl (C=O) groups excluding carboxylic acids is 1. The molecule has 3 rings (SSSR count). The predicted molar refractivity (Wildman–Crippen MR) is 91.7 cm³/mol. The smallest absolute Gasteiger partial charge is 0.223 e. The van der Waals surface area contributed by atoms with Crippen LogP contribution >= 0.6 is 0 Å². The van der Waals surface area contributed by atoms with E-state index in [0.29, 0.717) is 24.9 Å². The molecule has 1 aromatic carbocycles. The molecule has 0 aliphatic carbocycles. The van der Waals surface area contributed by atoms with Gasteiger partial charge in [-0.1, -0.05) is 6.07 Å². The van der Waals surface area contributed by atoms with Crippen molar-refractivity contribution in [2.45, 2.75) is 50.6 Å². The van der Waals surface area contributed by atoms with E-state index in [-0.39, 0.29) is 17.5 Å². The lowest BCUT2D eigenvalue weighted by Crippen LogP contribution is -2.47. The summed E-state index contributed by atoms with van der Waals surface area (Å²) >= 11 is 0. The fourth-order valence-electron chi connectivity index (χ4n) is 4.18. The minimum absolute atomic E-state index is 0.203. The van der Waals surface area contributed by atoms with Crippen LogP contribution in [0.1, 0.15) is 37.7 Å². The lowest BCUT2D eigenvalue weighted by atomic mass is 10.0. The molecule has 2 saturated heterocycles. The van der Waals surface area contributed by atoms with Gasteiger partial charge >= 0.3 is 0 Å². The average Bonchev–Trinajstić information content (AvgIpc) is 3.21. The Hall–Kier alpha value is -1.62. The Morgan fingerprint density at radius 3 is 2.67 bits per heavy atom. The Labute approximate surface area is 143 Å². The number of rotatable bonds is 5. The molecule has 0 saturated carbocycles. The number of hydrogen-bond donors (Lipinski definition) is 0. The van der Waals surface area contributed by atoms with Gasteiger partial charge in [-0.15, -0.1) is 0 Å². The molecule has 132 valence electrons. The molecule has 2 aliphatic heterocycles. The molecule has 2 fully saturated rings. The quantitative estimate of drug-likeness (QED) is 0.830. The highest BCUT2D eigenvalue weighted by Crippen LogP contribution is 2.29. The normalized spacial score (nSPS) is 24.5. The minimum atomic E-state index is -0.367. The first-order valence-corrected chi connectivity index (χ1v) is 8.92. The molecule has 0 unspecified atom stereocenters. The highest BCUT2D eigenvalue weighted by atomic mass is 19.1. The summed E-state index contributed by atoms with van der Waals surface area (Å²) in [6.45, 7) is 2.00. The van der Waals surface area contributed by atoms with Gasteiger partial charge in [0.1, 0.15) is 0 Å². The van der Waals surface area contributed by atoms with Gasteiger partial charge in [-0.25, -0.2) is 4.39 Å². The van der Waals surface area contributed by atoms with Crippen LogP contribution in [0.15, 0.2) is 18.2 Å². The van der Waals surface area contributed by atoms with Crippen molar-refractivity contribution in [2.75, 3.05) is 27.2 Å². The Morgan fingerprint density at radius 1 is 1.25 bits per heavy atom. The number of aryl methyl sites for hydroxylation is 1. The van der Waals surface area contributed by atoms with Crippen LogP contribution in [0.5, 0.6) is 5.75 Å². The third-order valence-corrected chi connectivity index (χ3v) is 5.48. The number of nitrogens with zero attached hydrogens (tertiary/aromatic N) is 2. The van der Waals surface area contributed by atoms with E-state index < -0.39 is 0 Å². The van der Waals surface area contributed by atoms with Gasteiger partial charge in [0, 0.05) is 25.0 Å². The lowest BCUT2D eigenvalue weighted by molar-refractivity contribution is -0.132. The summed E-state index contributed by atoms with van der Waals surface area (Å²) in [4.78, 5) is 17.2. The van der Waals surface area contributed by atoms with Crippen LogP contribution in [-0.4, -0.2) is 55.0 Å². The number of methoxy groups -OCH3 is 1. The summed E-state index contributed by atoms with van der Waals surface area (Å²) in [5.41, 5.74) is 0.843. The second kappa shape index (κ2) is 7.51. The fourth-order valence-corrected chi connectivity index (χ4v) is 4.18. The van der Waals surface area contributed by atoms with Crippen molar-refractivity contribution in [3.8, 4) is 5.75 Å². The molecular weight excluding hydrogens is 307 g/mol. The van der Waals surface area contributed by atoms with Gasteiger partial charge < -0.3 is 14.5 Å². The van der Waals surface area contributed by atoms with Crippen molar-refractivity contribution in [3.05, 3.63) is 29.6 Å². The van der Waals surface area contributed by atoms with Crippen molar-refractivity contribution < 1.29 is 13.9 Å². The zero-order chi connectivity index (χ0) is 17.1. The van der Waals surface area contributed by atoms with Crippen molar-refractivity contribution in [3.63, 3.8) is 0 Å². The highest BCUT2D eigenvalue weighted by molar-refractivity contribution is 5.77. The molecule has 0 radical (unpaired) electrons. The summed E-state index contributed by atoms with van der Waals surface area (Å²) in [5.74, 6) is 0.0806. The van der Waals surface area contributed by atoms with Crippen LogP contribution in [0.4, 0.5) is 4.39 Å². The van der Waals surface area contributed by atoms with Crippen LogP contribution in [0.3, 0.4) is 0 Å². The van der Waals surface area contributed by atoms with Crippen LogP contribution in [0.25, 0.3) is 0 Å². The van der Waals surface area contributed by atoms with Crippen molar-refractivity contribution in [1.82, 2.24) is 9.80 Å². The SMILES string of the molecule is COc1ccc(CCC(=O)N2CCC[C@@H]2[C@H]2CCCN2C)cc1F. The van der Waals surface area contributed by atoms with Crippen LogP contribution in [0.2, 0.25) is 0 Å². The second-order valence-corrected chi connectivity index (χ2v) is 6.96. The number of benzene rings is 1. The van der Waals surface area contributed by atoms with Gasteiger partial charge in [-0.2, -0.15) is 0 Å². The molecule has 0 bridgehead atoms. The third kappa shape index (κ3) is 3.56. The van der Waals surface area contributed by atoms with Crippen molar-refractivity contribution >= 4 is 5.91 Å². The standard InChI is InChI=1S/C19H27FN2O2/c1-21-11-3-5-16(21)17-6-4-12-22(17)19(23)10-8-14-7-9-18(24-2)15(20)13-14/h7,9,13,16-17H,3-6,8,10-12H2,1-2H3/t16-,17-/m1/s1. The Kier molecular flexibility index (Phi) is 5.39. The maximum absolute atomic E-state index is 13.8. The fraction of sp³-hybridized carbons (Fsp3) is 0.632. The molecule has 24 heavy (non-hydrogen) atoms. The summed E-state index contributed by atoms with van der Waals surface area (Å²) < 4.78 is 18.7. The number of halogens is 1. The van der Waals surface area contributed by atoms with Gasteiger partial charge in [-0.05, 0) is 63.4 Å². The van der Waals surface area contributed by atoms with Gasteiger partial charge in [0.2, 0.25) is 5.91 Å². The van der Waals surface area contributed by atoms with E-state index >= 15 is 0 Å². The van der Waals surface area contributed by atoms with E-state index in [0.717, 1.165) is 31.5 Å². The van der Waals surface area contributed by atoms with Gasteiger partial charge in [0.15, 0.2) is 11.6 Å². The number of likely N-dealkylation sites (tertiary alicyclic amines) is 2. The van der Waals surface area contributed by atoms with E-state index in [9.17, 15) is 9.18 Å². The van der Waals surface area contributed by atoms with Crippen molar-refractivity contribution in [2.24, 2.45) is 0 Å². The monoisotopic (exact) mass is 334 g/mol. The molecule has 0 aromatic heterocycles. The highest BCUT2D eigenvalue weighted by Gasteiger charge is 2.37. The van der Waals surface area contributed by atoms with Crippen LogP contribution in [0, 0.1) is 5.82 Å². The number of amides is 1. The zero-order valence-electron chi connectivity index (χ0n) is 14.6. The lowest BCUT2D eigenvalue weighted by Gasteiger charge is -2.33. The molecule has 0 N–H and O–H groups in total. The molecule has 0 spiro atoms. The minimum Gasteiger partial charge on any atom is -0.494 e. The largest absolute Gasteiger partial charge is 0.494 e. The Bertz CT molecular complexity index is 593. The topological polar surface area (TPSA) is 32.8 Å². The van der Waals surface area contributed by atoms with Crippen LogP contribution < -0.4 is 4.74 Å². The van der Waals surface area contributed by atoms with E-state index in [1.54, 1.807) is 6.07 Å². The number of ether oxygens (including phenoxy) is 1. The first kappa shape index (κ1) is 17.2. The molecule has 2 atom stereocenters. The average molecular weight is 334 g/mol. The van der Waals surface area contributed by atoms with Crippen LogP contribution in [-0.2, 0) is 11.2 Å². The molecular formula is C19H27FN2O2. The molecule has 4 nitrogen and oxygen atoms in total. The molecule has 2 aliphatic rings.